The van der Waals surface area contributed by atoms with Crippen molar-refractivity contribution in [2.45, 2.75) is 19.3 Å². The molecule has 0 aliphatic rings. The van der Waals surface area contributed by atoms with E-state index >= 15 is 0 Å². The molecule has 0 aromatic heterocycles. The number of nitrogens with zero attached hydrogens (tertiary/aromatic N) is 1. The standard InChI is InChI=1S/C43H33NO11/c1-43(2,26-13-17-28(18-14-26)55-30-20-22-32(40(48)49)34(24-30)42(52)53)25-11-15-27(16-12-25)54-29-19-21-31(33(23-29)41(50)51)39(47)44(35-7-3-5-9-37(35)45)36-8-4-6-10-38(36)46/h3-24,45-46H,1-2H3,(H,48,49)(H,50,51)(H,52,53). The van der Waals surface area contributed by atoms with Crippen LogP contribution in [0.3, 0.4) is 0 Å². The molecule has 0 fully saturated rings. The number of rotatable bonds is 12. The molecule has 0 saturated heterocycles. The van der Waals surface area contributed by atoms with Crippen molar-refractivity contribution in [1.29, 1.82) is 0 Å². The first kappa shape index (κ1) is 37.2. The lowest BCUT2D eigenvalue weighted by atomic mass is 9.78. The van der Waals surface area contributed by atoms with Crippen LogP contribution in [0.2, 0.25) is 0 Å². The van der Waals surface area contributed by atoms with E-state index in [2.05, 4.69) is 0 Å². The lowest BCUT2D eigenvalue weighted by Crippen LogP contribution is -2.28. The number of carboxylic acid groups (broad SMARTS) is 3. The molecule has 1 amide bonds. The molecule has 0 unspecified atom stereocenters. The van der Waals surface area contributed by atoms with Gasteiger partial charge in [0, 0.05) is 5.41 Å². The molecule has 0 radical (unpaired) electrons. The maximum absolute atomic E-state index is 14.0. The van der Waals surface area contributed by atoms with Gasteiger partial charge in [0.15, 0.2) is 0 Å². The zero-order chi connectivity index (χ0) is 39.4. The van der Waals surface area contributed by atoms with Gasteiger partial charge >= 0.3 is 17.9 Å². The quantitative estimate of drug-likeness (QED) is 0.0804. The van der Waals surface area contributed by atoms with Crippen LogP contribution in [-0.4, -0.2) is 49.3 Å². The highest BCUT2D eigenvalue weighted by Gasteiger charge is 2.29. The van der Waals surface area contributed by atoms with E-state index in [4.69, 9.17) is 9.47 Å². The molecule has 6 rings (SSSR count). The lowest BCUT2D eigenvalue weighted by molar-refractivity contribution is 0.0651. The summed E-state index contributed by atoms with van der Waals surface area (Å²) in [4.78, 5) is 50.4. The average Bonchev–Trinajstić information content (AvgIpc) is 3.16. The zero-order valence-corrected chi connectivity index (χ0v) is 29.3. The van der Waals surface area contributed by atoms with Crippen molar-refractivity contribution in [1.82, 2.24) is 0 Å². The number of aromatic hydroxyl groups is 2. The predicted molar refractivity (Wildman–Crippen MR) is 202 cm³/mol. The molecule has 55 heavy (non-hydrogen) atoms. The van der Waals surface area contributed by atoms with Crippen molar-refractivity contribution in [2.75, 3.05) is 4.90 Å². The minimum atomic E-state index is -1.39. The number of phenolic OH excluding ortho intramolecular Hbond substituents is 2. The summed E-state index contributed by atoms with van der Waals surface area (Å²) in [5.41, 5.74) is 0.132. The van der Waals surface area contributed by atoms with Gasteiger partial charge in [0.1, 0.15) is 34.5 Å². The van der Waals surface area contributed by atoms with Crippen LogP contribution in [0.25, 0.3) is 0 Å². The Morgan fingerprint density at radius 3 is 1.24 bits per heavy atom. The number of carboxylic acids is 3. The van der Waals surface area contributed by atoms with Crippen LogP contribution < -0.4 is 14.4 Å². The summed E-state index contributed by atoms with van der Waals surface area (Å²) in [6, 6.07) is 34.1. The van der Waals surface area contributed by atoms with Crippen LogP contribution in [0, 0.1) is 0 Å². The van der Waals surface area contributed by atoms with Crippen LogP contribution in [0.5, 0.6) is 34.5 Å². The normalized spacial score (nSPS) is 11.0. The van der Waals surface area contributed by atoms with E-state index in [0.29, 0.717) is 11.5 Å². The van der Waals surface area contributed by atoms with Crippen LogP contribution in [0.4, 0.5) is 11.4 Å². The summed E-state index contributed by atoms with van der Waals surface area (Å²) < 4.78 is 11.8. The van der Waals surface area contributed by atoms with Gasteiger partial charge in [0.05, 0.1) is 33.6 Å². The number of aromatic carboxylic acids is 3. The highest BCUT2D eigenvalue weighted by Crippen LogP contribution is 2.40. The summed E-state index contributed by atoms with van der Waals surface area (Å²) >= 11 is 0. The second-order valence-corrected chi connectivity index (χ2v) is 12.8. The molecule has 0 heterocycles. The number of hydrogen-bond donors (Lipinski definition) is 5. The first-order chi connectivity index (χ1) is 26.2. The molecule has 276 valence electrons. The monoisotopic (exact) mass is 739 g/mol. The molecule has 5 N–H and O–H groups in total. The van der Waals surface area contributed by atoms with Crippen molar-refractivity contribution in [3.63, 3.8) is 0 Å². The SMILES string of the molecule is CC(C)(c1ccc(Oc2ccc(C(=O)O)c(C(=O)O)c2)cc1)c1ccc(Oc2ccc(C(=O)N(c3ccccc3O)c3ccccc3O)c(C(=O)O)c2)cc1. The van der Waals surface area contributed by atoms with Crippen LogP contribution in [0.15, 0.2) is 133 Å². The topological polar surface area (TPSA) is 191 Å². The Morgan fingerprint density at radius 1 is 0.473 bits per heavy atom. The third-order valence-electron chi connectivity index (χ3n) is 8.98. The van der Waals surface area contributed by atoms with E-state index in [-0.39, 0.29) is 56.6 Å². The van der Waals surface area contributed by atoms with E-state index in [9.17, 15) is 44.7 Å². The average molecular weight is 740 g/mol. The summed E-state index contributed by atoms with van der Waals surface area (Å²) in [7, 11) is 0. The molecule has 0 atom stereocenters. The molecule has 0 aliphatic carbocycles. The highest BCUT2D eigenvalue weighted by molar-refractivity contribution is 6.16. The summed E-state index contributed by atoms with van der Waals surface area (Å²) in [6.07, 6.45) is 0. The molecular formula is C43H33NO11. The maximum Gasteiger partial charge on any atom is 0.336 e. The first-order valence-corrected chi connectivity index (χ1v) is 16.7. The zero-order valence-electron chi connectivity index (χ0n) is 29.3. The Labute approximate surface area is 314 Å². The lowest BCUT2D eigenvalue weighted by Gasteiger charge is -2.26. The van der Waals surface area contributed by atoms with Gasteiger partial charge in [-0.2, -0.15) is 0 Å². The number of hydrogen-bond acceptors (Lipinski definition) is 8. The Kier molecular flexibility index (Phi) is 10.3. The number of phenols is 2. The fourth-order valence-electron chi connectivity index (χ4n) is 5.99. The molecular weight excluding hydrogens is 706 g/mol. The summed E-state index contributed by atoms with van der Waals surface area (Å²) in [5, 5.41) is 50.0. The highest BCUT2D eigenvalue weighted by atomic mass is 16.5. The van der Waals surface area contributed by atoms with E-state index in [1.807, 2.05) is 38.1 Å². The van der Waals surface area contributed by atoms with Gasteiger partial charge in [0.2, 0.25) is 0 Å². The molecule has 6 aromatic rings. The third kappa shape index (κ3) is 7.78. The summed E-state index contributed by atoms with van der Waals surface area (Å²) in [5.74, 6) is -4.31. The Hall–Kier alpha value is -7.60. The van der Waals surface area contributed by atoms with Gasteiger partial charge < -0.3 is 35.0 Å². The molecule has 12 heteroatoms. The van der Waals surface area contributed by atoms with Gasteiger partial charge in [-0.05, 0) is 96.1 Å². The molecule has 0 saturated carbocycles. The number of anilines is 2. The van der Waals surface area contributed by atoms with E-state index in [1.165, 1.54) is 54.6 Å². The van der Waals surface area contributed by atoms with Gasteiger partial charge in [-0.25, -0.2) is 14.4 Å². The molecule has 6 aromatic carbocycles. The fourth-order valence-corrected chi connectivity index (χ4v) is 5.99. The minimum absolute atomic E-state index is 0.0406. The number of carbonyl (C=O) groups is 4. The Balaban J connectivity index is 1.20. The van der Waals surface area contributed by atoms with E-state index in [1.54, 1.807) is 48.5 Å². The first-order valence-electron chi connectivity index (χ1n) is 16.7. The Bertz CT molecular complexity index is 2390. The minimum Gasteiger partial charge on any atom is -0.506 e. The smallest absolute Gasteiger partial charge is 0.336 e. The van der Waals surface area contributed by atoms with Crippen LogP contribution in [-0.2, 0) is 5.41 Å². The number of carbonyl (C=O) groups excluding carboxylic acids is 1. The van der Waals surface area contributed by atoms with Gasteiger partial charge in [-0.3, -0.25) is 9.69 Å². The van der Waals surface area contributed by atoms with Crippen LogP contribution in [0.1, 0.15) is 66.4 Å². The second kappa shape index (κ2) is 15.2. The van der Waals surface area contributed by atoms with E-state index < -0.39 is 29.2 Å². The van der Waals surface area contributed by atoms with Crippen molar-refractivity contribution < 1.29 is 54.2 Å². The fraction of sp³-hybridized carbons (Fsp3) is 0.0698. The number of ether oxygens (including phenoxy) is 2. The second-order valence-electron chi connectivity index (χ2n) is 12.8. The molecule has 0 aliphatic heterocycles. The van der Waals surface area contributed by atoms with Gasteiger partial charge in [0.25, 0.3) is 5.91 Å². The number of amides is 1. The van der Waals surface area contributed by atoms with Crippen molar-refractivity contribution >= 4 is 35.2 Å². The van der Waals surface area contributed by atoms with E-state index in [0.717, 1.165) is 22.1 Å². The van der Waals surface area contributed by atoms with Gasteiger partial charge in [-0.15, -0.1) is 0 Å². The van der Waals surface area contributed by atoms with Crippen molar-refractivity contribution in [3.8, 4) is 34.5 Å². The molecule has 0 spiro atoms. The van der Waals surface area contributed by atoms with Crippen LogP contribution >= 0.6 is 0 Å². The summed E-state index contributed by atoms with van der Waals surface area (Å²) in [6.45, 7) is 4.04. The van der Waals surface area contributed by atoms with Crippen molar-refractivity contribution in [3.05, 3.63) is 167 Å². The predicted octanol–water partition coefficient (Wildman–Crippen LogP) is 9.08. The maximum atomic E-state index is 14.0. The largest absolute Gasteiger partial charge is 0.506 e. The third-order valence-corrected chi connectivity index (χ3v) is 8.98. The Morgan fingerprint density at radius 2 is 0.836 bits per heavy atom. The number of para-hydroxylation sites is 4. The number of benzene rings is 6. The molecule has 12 nitrogen and oxygen atoms in total. The molecule has 0 bridgehead atoms. The van der Waals surface area contributed by atoms with Gasteiger partial charge in [-0.1, -0.05) is 62.4 Å². The van der Waals surface area contributed by atoms with Crippen molar-refractivity contribution in [2.24, 2.45) is 0 Å².